The van der Waals surface area contributed by atoms with Crippen LogP contribution in [0.4, 0.5) is 5.69 Å². The Morgan fingerprint density at radius 2 is 1.78 bits per heavy atom. The predicted octanol–water partition coefficient (Wildman–Crippen LogP) is 4.52. The maximum absolute atomic E-state index is 12.8. The summed E-state index contributed by atoms with van der Waals surface area (Å²) in [6, 6.07) is 11.8. The number of anilines is 1. The van der Waals surface area contributed by atoms with E-state index in [9.17, 15) is 4.79 Å². The molecule has 1 amide bonds. The Morgan fingerprint density at radius 3 is 2.41 bits per heavy atom. The number of aromatic nitrogens is 2. The van der Waals surface area contributed by atoms with Crippen LogP contribution in [0.1, 0.15) is 35.4 Å². The Labute approximate surface area is 188 Å². The number of benzene rings is 2. The monoisotopic (exact) mass is 434 g/mol. The molecule has 0 atom stereocenters. The molecule has 1 fully saturated rings. The van der Waals surface area contributed by atoms with Crippen molar-refractivity contribution in [2.24, 2.45) is 5.92 Å². The number of ether oxygens (including phenoxy) is 1. The zero-order valence-electron chi connectivity index (χ0n) is 19.1. The van der Waals surface area contributed by atoms with Crippen LogP contribution >= 0.6 is 0 Å². The van der Waals surface area contributed by atoms with Gasteiger partial charge in [-0.3, -0.25) is 9.69 Å². The highest BCUT2D eigenvalue weighted by Gasteiger charge is 2.26. The number of nitrogens with zero attached hydrogens (tertiary/aromatic N) is 3. The second-order valence-electron chi connectivity index (χ2n) is 8.55. The van der Waals surface area contributed by atoms with Crippen molar-refractivity contribution in [1.82, 2.24) is 15.0 Å². The van der Waals surface area contributed by atoms with Gasteiger partial charge in [0.05, 0.1) is 13.7 Å². The van der Waals surface area contributed by atoms with Crippen molar-refractivity contribution in [3.8, 4) is 17.1 Å². The number of piperidine rings is 1. The third-order valence-corrected chi connectivity index (χ3v) is 6.06. The topological polar surface area (TPSA) is 80.5 Å². The van der Waals surface area contributed by atoms with Gasteiger partial charge in [0.25, 0.3) is 0 Å². The first-order valence-electron chi connectivity index (χ1n) is 11.0. The van der Waals surface area contributed by atoms with Crippen LogP contribution < -0.4 is 10.1 Å². The highest BCUT2D eigenvalue weighted by molar-refractivity contribution is 5.94. The lowest BCUT2D eigenvalue weighted by Crippen LogP contribution is -2.38. The van der Waals surface area contributed by atoms with Crippen molar-refractivity contribution in [3.05, 3.63) is 59.0 Å². The lowest BCUT2D eigenvalue weighted by Gasteiger charge is -2.30. The first-order chi connectivity index (χ1) is 15.4. The number of hydrogen-bond acceptors (Lipinski definition) is 6. The van der Waals surface area contributed by atoms with E-state index >= 15 is 0 Å². The molecule has 0 radical (unpaired) electrons. The van der Waals surface area contributed by atoms with Gasteiger partial charge in [0.15, 0.2) is 0 Å². The van der Waals surface area contributed by atoms with Crippen LogP contribution in [0.5, 0.6) is 5.75 Å². The average molecular weight is 435 g/mol. The van der Waals surface area contributed by atoms with Crippen molar-refractivity contribution in [2.75, 3.05) is 25.5 Å². The number of aryl methyl sites for hydroxylation is 3. The number of nitrogens with one attached hydrogen (secondary N) is 1. The Balaban J connectivity index is 1.30. The molecule has 3 aromatic rings. The fourth-order valence-electron chi connectivity index (χ4n) is 4.32. The fraction of sp³-hybridized carbons (Fsp3) is 0.400. The molecule has 7 nitrogen and oxygen atoms in total. The highest BCUT2D eigenvalue weighted by Crippen LogP contribution is 2.26. The van der Waals surface area contributed by atoms with Crippen LogP contribution in [0.15, 0.2) is 40.9 Å². The molecule has 168 valence electrons. The molecule has 2 heterocycles. The summed E-state index contributed by atoms with van der Waals surface area (Å²) in [4.78, 5) is 19.6. The molecule has 0 spiro atoms. The molecular weight excluding hydrogens is 404 g/mol. The summed E-state index contributed by atoms with van der Waals surface area (Å²) < 4.78 is 10.6. The first kappa shape index (κ1) is 22.0. The predicted molar refractivity (Wildman–Crippen MR) is 124 cm³/mol. The van der Waals surface area contributed by atoms with Gasteiger partial charge in [-0.15, -0.1) is 0 Å². The van der Waals surface area contributed by atoms with E-state index < -0.39 is 0 Å². The van der Waals surface area contributed by atoms with Crippen LogP contribution in [-0.2, 0) is 11.3 Å². The number of carbonyl (C=O) groups excluding carboxylic acids is 1. The molecule has 1 N–H and O–H groups in total. The lowest BCUT2D eigenvalue weighted by atomic mass is 9.95. The molecule has 7 heteroatoms. The van der Waals surface area contributed by atoms with E-state index in [-0.39, 0.29) is 11.8 Å². The Morgan fingerprint density at radius 1 is 1.12 bits per heavy atom. The fourth-order valence-corrected chi connectivity index (χ4v) is 4.32. The van der Waals surface area contributed by atoms with Crippen LogP contribution in [0.25, 0.3) is 11.4 Å². The van der Waals surface area contributed by atoms with Crippen molar-refractivity contribution in [1.29, 1.82) is 0 Å². The van der Waals surface area contributed by atoms with Gasteiger partial charge in [-0.05, 0) is 82.1 Å². The second kappa shape index (κ2) is 9.53. The molecule has 32 heavy (non-hydrogen) atoms. The summed E-state index contributed by atoms with van der Waals surface area (Å²) in [5.74, 6) is 2.07. The number of amides is 1. The zero-order chi connectivity index (χ0) is 22.7. The Bertz CT molecular complexity index is 1060. The Kier molecular flexibility index (Phi) is 6.55. The summed E-state index contributed by atoms with van der Waals surface area (Å²) in [5.41, 5.74) is 5.26. The molecular formula is C25H30N4O3. The number of hydrogen-bond donors (Lipinski definition) is 1. The largest absolute Gasteiger partial charge is 0.497 e. The van der Waals surface area contributed by atoms with Crippen molar-refractivity contribution in [2.45, 2.75) is 40.2 Å². The molecule has 0 aliphatic carbocycles. The molecule has 1 aromatic heterocycles. The third kappa shape index (κ3) is 4.99. The van der Waals surface area contributed by atoms with E-state index in [0.717, 1.165) is 54.1 Å². The molecule has 1 aliphatic heterocycles. The average Bonchev–Trinajstić information content (AvgIpc) is 3.25. The van der Waals surface area contributed by atoms with Gasteiger partial charge in [0.1, 0.15) is 5.75 Å². The normalized spacial score (nSPS) is 15.0. The van der Waals surface area contributed by atoms with E-state index in [4.69, 9.17) is 9.26 Å². The SMILES string of the molecule is COc1ccc(-c2noc(CN3CCC(C(=O)Nc4c(C)cc(C)cc4C)CC3)n2)cc1. The van der Waals surface area contributed by atoms with Gasteiger partial charge in [0.2, 0.25) is 17.6 Å². The minimum absolute atomic E-state index is 0.0175. The summed E-state index contributed by atoms with van der Waals surface area (Å²) in [6.07, 6.45) is 1.63. The first-order valence-corrected chi connectivity index (χ1v) is 11.0. The summed E-state index contributed by atoms with van der Waals surface area (Å²) >= 11 is 0. The van der Waals surface area contributed by atoms with Gasteiger partial charge >= 0.3 is 0 Å². The molecule has 4 rings (SSSR count). The van der Waals surface area contributed by atoms with Crippen LogP contribution in [0, 0.1) is 26.7 Å². The van der Waals surface area contributed by atoms with Crippen LogP contribution in [0.3, 0.4) is 0 Å². The quantitative estimate of drug-likeness (QED) is 0.614. The van der Waals surface area contributed by atoms with Crippen molar-refractivity contribution < 1.29 is 14.1 Å². The van der Waals surface area contributed by atoms with E-state index in [1.54, 1.807) is 7.11 Å². The smallest absolute Gasteiger partial charge is 0.241 e. The number of rotatable bonds is 6. The number of methoxy groups -OCH3 is 1. The zero-order valence-corrected chi connectivity index (χ0v) is 19.1. The van der Waals surface area contributed by atoms with E-state index in [1.165, 1.54) is 5.56 Å². The summed E-state index contributed by atoms with van der Waals surface area (Å²) in [6.45, 7) is 8.40. The minimum Gasteiger partial charge on any atom is -0.497 e. The van der Waals surface area contributed by atoms with Crippen molar-refractivity contribution in [3.63, 3.8) is 0 Å². The Hall–Kier alpha value is -3.19. The molecule has 1 aliphatic rings. The van der Waals surface area contributed by atoms with E-state index in [1.807, 2.05) is 38.1 Å². The summed E-state index contributed by atoms with van der Waals surface area (Å²) in [5, 5.41) is 7.26. The lowest BCUT2D eigenvalue weighted by molar-refractivity contribution is -0.121. The molecule has 0 bridgehead atoms. The van der Waals surface area contributed by atoms with E-state index in [0.29, 0.717) is 18.3 Å². The van der Waals surface area contributed by atoms with Gasteiger partial charge in [-0.1, -0.05) is 22.9 Å². The standard InChI is InChI=1S/C25H30N4O3/c1-16-13-17(2)23(18(3)14-16)27-25(30)20-9-11-29(12-10-20)15-22-26-24(28-32-22)19-5-7-21(31-4)8-6-19/h5-8,13-14,20H,9-12,15H2,1-4H3,(H,27,30). The molecule has 0 saturated carbocycles. The summed E-state index contributed by atoms with van der Waals surface area (Å²) in [7, 11) is 1.64. The third-order valence-electron chi connectivity index (χ3n) is 6.06. The van der Waals surface area contributed by atoms with Gasteiger partial charge in [0, 0.05) is 17.2 Å². The molecule has 1 saturated heterocycles. The second-order valence-corrected chi connectivity index (χ2v) is 8.55. The highest BCUT2D eigenvalue weighted by atomic mass is 16.5. The molecule has 0 unspecified atom stereocenters. The van der Waals surface area contributed by atoms with Crippen LogP contribution in [0.2, 0.25) is 0 Å². The minimum atomic E-state index is 0.0175. The van der Waals surface area contributed by atoms with Crippen molar-refractivity contribution >= 4 is 11.6 Å². The number of likely N-dealkylation sites (tertiary alicyclic amines) is 1. The number of carbonyl (C=O) groups is 1. The van der Waals surface area contributed by atoms with Crippen LogP contribution in [-0.4, -0.2) is 41.1 Å². The van der Waals surface area contributed by atoms with Gasteiger partial charge in [-0.2, -0.15) is 4.98 Å². The molecule has 2 aromatic carbocycles. The maximum atomic E-state index is 12.8. The maximum Gasteiger partial charge on any atom is 0.241 e. The van der Waals surface area contributed by atoms with Gasteiger partial charge in [-0.25, -0.2) is 0 Å². The van der Waals surface area contributed by atoms with Gasteiger partial charge < -0.3 is 14.6 Å². The van der Waals surface area contributed by atoms with E-state index in [2.05, 4.69) is 39.4 Å².